The van der Waals surface area contributed by atoms with E-state index in [1.807, 2.05) is 88.4 Å². The number of carboxylic acid groups (broad SMARTS) is 2. The minimum atomic E-state index is -1.21. The van der Waals surface area contributed by atoms with Gasteiger partial charge in [0.05, 0.1) is 59.4 Å². The summed E-state index contributed by atoms with van der Waals surface area (Å²) in [5, 5.41) is 33.5. The lowest BCUT2D eigenvalue weighted by Gasteiger charge is -2.13. The number of thioether (sulfide) groups is 1. The number of imidazole rings is 2. The molecule has 1 unspecified atom stereocenters. The Balaban J connectivity index is 0.000000306. The van der Waals surface area contributed by atoms with Crippen molar-refractivity contribution in [2.24, 2.45) is 16.0 Å². The van der Waals surface area contributed by atoms with Gasteiger partial charge in [0.25, 0.3) is 11.8 Å². The lowest BCUT2D eigenvalue weighted by atomic mass is 10.1. The maximum absolute atomic E-state index is 12.7. The van der Waals surface area contributed by atoms with Crippen LogP contribution in [0.3, 0.4) is 0 Å². The number of thiol groups is 1. The molecule has 4 aromatic heterocycles. The van der Waals surface area contributed by atoms with Crippen LogP contribution >= 0.6 is 24.4 Å². The molecule has 0 saturated heterocycles. The number of ether oxygens (including phenoxy) is 4. The average molecular weight is 1450 g/mol. The van der Waals surface area contributed by atoms with Crippen LogP contribution in [0, 0.1) is 5.92 Å². The molecule has 4 aromatic carbocycles. The first-order valence-corrected chi connectivity index (χ1v) is 33.3. The number of H-pyrrole nitrogens is 2. The maximum Gasteiger partial charge on any atom is 0.331 e. The van der Waals surface area contributed by atoms with E-state index in [4.69, 9.17) is 36.9 Å². The fraction of sp³-hybridized carbons (Fsp3) is 0.353. The largest absolute Gasteiger partial charge is 0.481 e. The van der Waals surface area contributed by atoms with Crippen LogP contribution in [-0.4, -0.2) is 174 Å². The normalized spacial score (nSPS) is 11.0. The molecule has 0 fully saturated rings. The Labute approximate surface area is 597 Å². The van der Waals surface area contributed by atoms with Gasteiger partial charge in [-0.2, -0.15) is 49.4 Å². The molecule has 1 atom stereocenters. The number of alkyl halides is 1. The summed E-state index contributed by atoms with van der Waals surface area (Å²) in [5.41, 5.74) is 23.3. The van der Waals surface area contributed by atoms with Crippen LogP contribution in [0.5, 0.6) is 12.0 Å². The van der Waals surface area contributed by atoms with E-state index in [9.17, 15) is 47.9 Å². The standard InChI is InChI=1S/C34H42N8O7S.C21H24N6O6.C12H17N3OS.CH3F/c1-21(2)37-17-23-8-10-25(11-9-23)31(44)36-12-15-50-20-26(32(45)46)16-27(43)38-18-22-4-6-24(7-5-22)19-42-30-28(39-34(42)47)29(35)40-33(41-30)49-14-13-48-3;1-12(19(29)30)9-15(28)23-10-13-3-5-14(6-4-13)11-27-18-16(24-21(27)31)17(22)25-20(26-18)33-8-7-32-2;1-9(2)14-15-11-5-3-10(4-6-11)12(16)13-7-8-17;1-2/h4-11,26H,12-20H2,1-3H3,(H,36,44)(H,38,43)(H,39,47)(H,45,46)(H2,35,40,41);3-6H,1,7-11H2,2H3,(H,23,28)(H,24,31)(H,29,30)(H2,22,25,26);3-6,15,17H,7-8H2,1-2H3,(H,13,16);1H3/i;;;1D. The van der Waals surface area contributed by atoms with Crippen LogP contribution in [0.1, 0.15) is 90.4 Å². The molecule has 4 heterocycles. The lowest BCUT2D eigenvalue weighted by Crippen LogP contribution is -2.29. The van der Waals surface area contributed by atoms with Crippen LogP contribution in [0.15, 0.2) is 129 Å². The van der Waals surface area contributed by atoms with Gasteiger partial charge in [-0.05, 0) is 91.9 Å². The van der Waals surface area contributed by atoms with Crippen LogP contribution in [0.2, 0.25) is 0 Å². The molecule has 0 aliphatic carbocycles. The van der Waals surface area contributed by atoms with Gasteiger partial charge >= 0.3 is 35.3 Å². The van der Waals surface area contributed by atoms with Gasteiger partial charge in [-0.25, -0.2) is 14.4 Å². The number of aromatic nitrogens is 8. The number of halogens is 1. The zero-order valence-electron chi connectivity index (χ0n) is 58.3. The number of aliphatic imine (C=N–C) groups is 1. The van der Waals surface area contributed by atoms with E-state index in [0.29, 0.717) is 77.8 Å². The summed E-state index contributed by atoms with van der Waals surface area (Å²) in [6, 6.07) is 29.0. The van der Waals surface area contributed by atoms with Crippen molar-refractivity contribution in [1.82, 2.24) is 60.3 Å². The lowest BCUT2D eigenvalue weighted by molar-refractivity contribution is -0.143. The number of anilines is 3. The van der Waals surface area contributed by atoms with Gasteiger partial charge in [-0.15, -0.1) is 0 Å². The second-order valence-corrected chi connectivity index (χ2v) is 24.0. The van der Waals surface area contributed by atoms with Crippen molar-refractivity contribution >= 4 is 111 Å². The number of hydrazone groups is 1. The minimum absolute atomic E-state index is 0.0322. The van der Waals surface area contributed by atoms with Gasteiger partial charge in [0.1, 0.15) is 24.2 Å². The van der Waals surface area contributed by atoms with Crippen molar-refractivity contribution in [3.8, 4) is 12.0 Å². The van der Waals surface area contributed by atoms with Crippen molar-refractivity contribution < 1.29 is 63.7 Å². The third kappa shape index (κ3) is 27.3. The molecule has 34 heteroatoms. The third-order valence-electron chi connectivity index (χ3n) is 14.1. The molecule has 0 spiro atoms. The molecule has 0 radical (unpaired) electrons. The van der Waals surface area contributed by atoms with Crippen molar-refractivity contribution in [2.45, 2.75) is 73.3 Å². The molecule has 0 aliphatic rings. The van der Waals surface area contributed by atoms with E-state index in [1.165, 1.54) is 20.9 Å². The fourth-order valence-electron chi connectivity index (χ4n) is 8.77. The topological polar surface area (TPSA) is 444 Å². The number of hydrogen-bond donors (Lipinski definition) is 12. The van der Waals surface area contributed by atoms with Gasteiger partial charge in [-0.1, -0.05) is 67.2 Å². The second-order valence-electron chi connectivity index (χ2n) is 22.4. The molecular weight excluding hydrogens is 1360 g/mol. The summed E-state index contributed by atoms with van der Waals surface area (Å²) in [5.74, 6) is -2.70. The zero-order valence-corrected chi connectivity index (χ0v) is 59.0. The SMILES string of the molecule is C=C(CC(=O)NCc1ccc(Cn2c(=O)[nH]c3c(N)nc(OCCOC)nc32)cc1)C(=O)O.CC(C)=NNc1ccc(C(=O)NCCS)cc1.COCCOc1nc(N)c2[nH]c(=O)n(Cc3ccc(CNC(=O)CC(CSCCNC(=O)c4ccc(CN=C(C)C)cc4)C(=O)O)cc3)c2n1.[2H]CF. The highest BCUT2D eigenvalue weighted by atomic mass is 32.2. The number of aromatic amines is 2. The summed E-state index contributed by atoms with van der Waals surface area (Å²) in [7, 11) is 2.09. The number of carboxylic acids is 2. The second kappa shape index (κ2) is 42.9. The van der Waals surface area contributed by atoms with E-state index in [0.717, 1.165) is 44.9 Å². The molecule has 0 bridgehead atoms. The number of hydrogen-bond acceptors (Lipinski definition) is 23. The molecule has 8 aromatic rings. The summed E-state index contributed by atoms with van der Waals surface area (Å²) < 4.78 is 39.1. The van der Waals surface area contributed by atoms with Gasteiger partial charge in [-0.3, -0.25) is 47.9 Å². The Kier molecular flexibility index (Phi) is 33.6. The van der Waals surface area contributed by atoms with E-state index in [-0.39, 0.29) is 105 Å². The molecular formula is C68H86FN17O14S2. The van der Waals surface area contributed by atoms with Crippen LogP contribution in [-0.2, 0) is 61.4 Å². The predicted molar refractivity (Wildman–Crippen MR) is 392 cm³/mol. The van der Waals surface area contributed by atoms with Crippen molar-refractivity contribution in [2.75, 3.05) is 95.0 Å². The summed E-state index contributed by atoms with van der Waals surface area (Å²) in [6.07, 6.45) is -0.453. The smallest absolute Gasteiger partial charge is 0.331 e. The number of amides is 4. The van der Waals surface area contributed by atoms with Crippen LogP contribution in [0.25, 0.3) is 22.3 Å². The predicted octanol–water partition coefficient (Wildman–Crippen LogP) is 5.79. The van der Waals surface area contributed by atoms with Gasteiger partial charge in [0, 0.05) is 92.2 Å². The molecule has 4 amide bonds. The van der Waals surface area contributed by atoms with Crippen LogP contribution < -0.4 is 59.0 Å². The Morgan fingerprint density at radius 1 is 0.657 bits per heavy atom. The number of carbonyl (C=O) groups excluding carboxylic acids is 4. The highest BCUT2D eigenvalue weighted by Crippen LogP contribution is 2.22. The van der Waals surface area contributed by atoms with Crippen LogP contribution in [0.4, 0.5) is 21.7 Å². The van der Waals surface area contributed by atoms with Crippen molar-refractivity contribution in [3.05, 3.63) is 169 Å². The molecule has 0 saturated carbocycles. The molecule has 102 heavy (non-hydrogen) atoms. The third-order valence-corrected chi connectivity index (χ3v) is 15.4. The van der Waals surface area contributed by atoms with E-state index in [2.05, 4.69) is 85.9 Å². The number of nitrogens with two attached hydrogens (primary N) is 2. The molecule has 0 aliphatic heterocycles. The highest BCUT2D eigenvalue weighted by Gasteiger charge is 2.22. The molecule has 31 nitrogen and oxygen atoms in total. The summed E-state index contributed by atoms with van der Waals surface area (Å²) >= 11 is 5.39. The first kappa shape index (κ1) is 80.0. The van der Waals surface area contributed by atoms with E-state index >= 15 is 0 Å². The first-order chi connectivity index (χ1) is 49.4. The molecule has 546 valence electrons. The Morgan fingerprint density at radius 2 is 1.11 bits per heavy atom. The zero-order chi connectivity index (χ0) is 75.4. The number of carbonyl (C=O) groups is 6. The summed E-state index contributed by atoms with van der Waals surface area (Å²) in [4.78, 5) is 123. The minimum Gasteiger partial charge on any atom is -0.481 e. The quantitative estimate of drug-likeness (QED) is 0.00735. The number of methoxy groups -OCH3 is 2. The first-order valence-electron chi connectivity index (χ1n) is 32.2. The fourth-order valence-corrected chi connectivity index (χ4v) is 9.84. The van der Waals surface area contributed by atoms with Gasteiger partial charge < -0.3 is 71.9 Å². The monoisotopic (exact) mass is 1450 g/mol. The maximum atomic E-state index is 12.7. The number of aliphatic carboxylic acids is 2. The Morgan fingerprint density at radius 3 is 1.55 bits per heavy atom. The van der Waals surface area contributed by atoms with Crippen molar-refractivity contribution in [3.63, 3.8) is 0 Å². The average Bonchev–Trinajstić information content (AvgIpc) is 1.65. The highest BCUT2D eigenvalue weighted by molar-refractivity contribution is 7.99. The van der Waals surface area contributed by atoms with E-state index in [1.54, 1.807) is 50.6 Å². The summed E-state index contributed by atoms with van der Waals surface area (Å²) in [6.45, 7) is 14.5. The number of nitrogens with one attached hydrogen (secondary N) is 7. The number of rotatable bonds is 35. The van der Waals surface area contributed by atoms with E-state index < -0.39 is 42.3 Å². The Bertz CT molecular complexity index is 4300. The number of benzene rings is 4. The molecule has 13 N–H and O–H groups in total. The molecule has 8 rings (SSSR count). The van der Waals surface area contributed by atoms with Crippen molar-refractivity contribution in [1.29, 1.82) is 0 Å². The Hall–Kier alpha value is -11.0. The van der Waals surface area contributed by atoms with Gasteiger partial charge in [0.15, 0.2) is 22.9 Å². The number of fused-ring (bicyclic) bond motifs is 2. The number of nitrogen functional groups attached to an aromatic ring is 2. The van der Waals surface area contributed by atoms with Gasteiger partial charge in [0.2, 0.25) is 11.8 Å². The number of nitrogens with zero attached hydrogens (tertiary/aromatic N) is 8.